The van der Waals surface area contributed by atoms with Gasteiger partial charge in [0.15, 0.2) is 11.5 Å². The highest BCUT2D eigenvalue weighted by Crippen LogP contribution is 2.40. The summed E-state index contributed by atoms with van der Waals surface area (Å²) in [4.78, 5) is 11.6. The highest BCUT2D eigenvalue weighted by atomic mass is 16.7. The summed E-state index contributed by atoms with van der Waals surface area (Å²) in [6, 6.07) is 1.64. The number of ether oxygens (including phenoxy) is 4. The molecule has 0 radical (unpaired) electrons. The molecule has 0 spiro atoms. The highest BCUT2D eigenvalue weighted by molar-refractivity contribution is 5.89. The predicted octanol–water partition coefficient (Wildman–Crippen LogP) is -4.39. The maximum atomic E-state index is 11.6. The lowest BCUT2D eigenvalue weighted by Crippen LogP contribution is -2.60. The molecule has 3 rings (SSSR count). The van der Waals surface area contributed by atoms with Gasteiger partial charge >= 0.3 is 5.97 Å². The number of aromatic hydroxyl groups is 1. The molecule has 16 nitrogen and oxygen atoms in total. The van der Waals surface area contributed by atoms with Crippen LogP contribution in [0, 0.1) is 0 Å². The summed E-state index contributed by atoms with van der Waals surface area (Å²) in [5.74, 6) is -3.66. The molecule has 2 aliphatic rings. The summed E-state index contributed by atoms with van der Waals surface area (Å²) >= 11 is 0. The van der Waals surface area contributed by atoms with Crippen molar-refractivity contribution in [3.8, 4) is 17.2 Å². The fourth-order valence-electron chi connectivity index (χ4n) is 3.47. The Kier molecular flexibility index (Phi) is 9.56. The third kappa shape index (κ3) is 5.74. The molecular weight excluding hydrogens is 482 g/mol. The van der Waals surface area contributed by atoms with Crippen molar-refractivity contribution in [1.29, 1.82) is 0 Å². The molecule has 0 amide bonds. The van der Waals surface area contributed by atoms with E-state index in [0.717, 1.165) is 12.1 Å². The van der Waals surface area contributed by atoms with Crippen LogP contribution in [0.1, 0.15) is 10.4 Å². The van der Waals surface area contributed by atoms with E-state index in [1.807, 2.05) is 0 Å². The van der Waals surface area contributed by atoms with Crippen LogP contribution in [0.5, 0.6) is 17.2 Å². The third-order valence-electron chi connectivity index (χ3n) is 5.47. The van der Waals surface area contributed by atoms with Crippen molar-refractivity contribution in [2.75, 3.05) is 13.2 Å². The lowest BCUT2D eigenvalue weighted by atomic mass is 9.99. The van der Waals surface area contributed by atoms with Crippen molar-refractivity contribution in [2.45, 2.75) is 61.4 Å². The molecule has 2 saturated heterocycles. The van der Waals surface area contributed by atoms with E-state index in [4.69, 9.17) is 18.9 Å². The quantitative estimate of drug-likeness (QED) is 0.165. The van der Waals surface area contributed by atoms with Crippen LogP contribution in [0.25, 0.3) is 0 Å². The number of hydrogen-bond donors (Lipinski definition) is 11. The van der Waals surface area contributed by atoms with Gasteiger partial charge in [0.1, 0.15) is 48.8 Å². The molecule has 2 fully saturated rings. The van der Waals surface area contributed by atoms with Gasteiger partial charge in [-0.1, -0.05) is 0 Å². The number of benzene rings is 1. The monoisotopic (exact) mass is 511 g/mol. The minimum absolute atomic E-state index is 0. The van der Waals surface area contributed by atoms with Gasteiger partial charge in [-0.25, -0.2) is 4.79 Å². The van der Waals surface area contributed by atoms with Crippen LogP contribution in [-0.2, 0) is 9.47 Å². The zero-order valence-electron chi connectivity index (χ0n) is 18.1. The summed E-state index contributed by atoms with van der Waals surface area (Å²) in [5.41, 5.74) is -0.517. The first kappa shape index (κ1) is 28.9. The van der Waals surface area contributed by atoms with E-state index in [-0.39, 0.29) is 6.15 Å². The van der Waals surface area contributed by atoms with Gasteiger partial charge in [-0.15, -0.1) is 0 Å². The van der Waals surface area contributed by atoms with Crippen LogP contribution in [0.15, 0.2) is 12.1 Å². The minimum atomic E-state index is -1.87. The Morgan fingerprint density at radius 2 is 1.11 bits per heavy atom. The molecule has 0 bridgehead atoms. The van der Waals surface area contributed by atoms with Crippen molar-refractivity contribution < 1.29 is 74.8 Å². The summed E-state index contributed by atoms with van der Waals surface area (Å²) in [6.45, 7) is -1.53. The first-order valence-electron chi connectivity index (χ1n) is 10.0. The van der Waals surface area contributed by atoms with Gasteiger partial charge in [-0.2, -0.15) is 0 Å². The van der Waals surface area contributed by atoms with E-state index in [1.165, 1.54) is 0 Å². The van der Waals surface area contributed by atoms with Gasteiger partial charge in [0.25, 0.3) is 0 Å². The standard InChI is InChI=1S/C19H26O15.H3N/c20-3-8-11(23)13(25)15(27)18(33-8)31-6-1-5(17(29)30)2-7(10(6)22)32-19-16(28)14(26)12(24)9(4-21)34-19;/h1-2,8-9,11-16,18-28H,3-4H2,(H,29,30);1H3/t8-,9-,11-,12-,13+,14+,15-,16-,18?,19?;/m1./s1. The average molecular weight is 511 g/mol. The molecule has 1 aromatic rings. The van der Waals surface area contributed by atoms with Gasteiger partial charge in [-0.05, 0) is 12.1 Å². The van der Waals surface area contributed by atoms with Crippen LogP contribution in [-0.4, -0.2) is 132 Å². The smallest absolute Gasteiger partial charge is 0.335 e. The molecule has 2 heterocycles. The Morgan fingerprint density at radius 3 is 1.43 bits per heavy atom. The van der Waals surface area contributed by atoms with Crippen LogP contribution >= 0.6 is 0 Å². The maximum Gasteiger partial charge on any atom is 0.335 e. The largest absolute Gasteiger partial charge is 0.502 e. The molecule has 0 aromatic heterocycles. The predicted molar refractivity (Wildman–Crippen MR) is 109 cm³/mol. The Hall–Kier alpha value is -2.35. The number of carboxylic acids is 1. The van der Waals surface area contributed by atoms with E-state index in [2.05, 4.69) is 0 Å². The zero-order valence-corrected chi connectivity index (χ0v) is 18.1. The number of carboxylic acid groups (broad SMARTS) is 1. The van der Waals surface area contributed by atoms with E-state index >= 15 is 0 Å². The minimum Gasteiger partial charge on any atom is -0.502 e. The summed E-state index contributed by atoms with van der Waals surface area (Å²) in [6.07, 6.45) is -17.0. The second-order valence-electron chi connectivity index (χ2n) is 7.76. The average Bonchev–Trinajstić information content (AvgIpc) is 2.81. The number of aliphatic hydroxyl groups is 8. The fraction of sp³-hybridized carbons (Fsp3) is 0.632. The molecule has 16 heteroatoms. The number of carbonyl (C=O) groups is 1. The van der Waals surface area contributed by atoms with Crippen LogP contribution < -0.4 is 15.6 Å². The summed E-state index contributed by atoms with van der Waals surface area (Å²) in [7, 11) is 0. The number of hydrogen-bond acceptors (Lipinski definition) is 15. The third-order valence-corrected chi connectivity index (χ3v) is 5.47. The maximum absolute atomic E-state index is 11.6. The van der Waals surface area contributed by atoms with E-state index in [1.54, 1.807) is 0 Å². The van der Waals surface area contributed by atoms with Gasteiger partial charge in [-0.3, -0.25) is 0 Å². The lowest BCUT2D eigenvalue weighted by molar-refractivity contribution is -0.279. The molecular formula is C19H29NO15. The Balaban J connectivity index is 0.00000432. The molecule has 0 aliphatic carbocycles. The SMILES string of the molecule is N.O=C(O)c1cc(OC2O[C@H](CO)[C@@H](O)[C@H](O)[C@H]2O)c(O)c(OC2O[C@H](CO)[C@@H](O)[C@H](O)[C@H]2O)c1. The Labute approximate surface area is 197 Å². The number of rotatable bonds is 7. The zero-order chi connectivity index (χ0) is 25.3. The molecule has 0 saturated carbocycles. The van der Waals surface area contributed by atoms with E-state index in [0.29, 0.717) is 0 Å². The number of phenols is 1. The molecule has 2 aliphatic heterocycles. The normalized spacial score (nSPS) is 37.3. The number of aliphatic hydroxyl groups excluding tert-OH is 8. The van der Waals surface area contributed by atoms with Crippen molar-refractivity contribution in [1.82, 2.24) is 6.15 Å². The van der Waals surface area contributed by atoms with Crippen LogP contribution in [0.4, 0.5) is 0 Å². The number of aromatic carboxylic acids is 1. The summed E-state index contributed by atoms with van der Waals surface area (Å²) < 4.78 is 20.9. The van der Waals surface area contributed by atoms with Crippen molar-refractivity contribution in [3.05, 3.63) is 17.7 Å². The Morgan fingerprint density at radius 1 is 0.743 bits per heavy atom. The van der Waals surface area contributed by atoms with Crippen molar-refractivity contribution >= 4 is 5.97 Å². The number of phenolic OH excluding ortho intramolecular Hbond substituents is 1. The lowest BCUT2D eigenvalue weighted by Gasteiger charge is -2.40. The first-order chi connectivity index (χ1) is 16.0. The van der Waals surface area contributed by atoms with E-state index in [9.17, 15) is 55.9 Å². The summed E-state index contributed by atoms with van der Waals surface area (Å²) in [5, 5.41) is 98.3. The van der Waals surface area contributed by atoms with Crippen molar-refractivity contribution in [3.63, 3.8) is 0 Å². The van der Waals surface area contributed by atoms with Crippen LogP contribution in [0.2, 0.25) is 0 Å². The van der Waals surface area contributed by atoms with Gasteiger partial charge in [0, 0.05) is 0 Å². The second kappa shape index (κ2) is 11.6. The Bertz CT molecular complexity index is 808. The van der Waals surface area contributed by atoms with Gasteiger partial charge in [0.05, 0.1) is 18.8 Å². The molecule has 200 valence electrons. The van der Waals surface area contributed by atoms with E-state index < -0.39 is 103 Å². The highest BCUT2D eigenvalue weighted by Gasteiger charge is 2.46. The van der Waals surface area contributed by atoms with Gasteiger partial charge in [0.2, 0.25) is 18.3 Å². The van der Waals surface area contributed by atoms with Gasteiger partial charge < -0.3 is 76.2 Å². The second-order valence-corrected chi connectivity index (χ2v) is 7.76. The molecule has 2 unspecified atom stereocenters. The molecule has 10 atom stereocenters. The first-order valence-corrected chi connectivity index (χ1v) is 10.0. The van der Waals surface area contributed by atoms with Crippen molar-refractivity contribution in [2.24, 2.45) is 0 Å². The van der Waals surface area contributed by atoms with Crippen LogP contribution in [0.3, 0.4) is 0 Å². The fourth-order valence-corrected chi connectivity index (χ4v) is 3.47. The molecule has 13 N–H and O–H groups in total. The topological polar surface area (TPSA) is 291 Å². The molecule has 35 heavy (non-hydrogen) atoms. The molecule has 1 aromatic carbocycles.